The van der Waals surface area contributed by atoms with Crippen LogP contribution in [0.2, 0.25) is 0 Å². The minimum absolute atomic E-state index is 0.207. The maximum atomic E-state index is 13.4. The Kier molecular flexibility index (Phi) is 4.13. The van der Waals surface area contributed by atoms with Gasteiger partial charge < -0.3 is 0 Å². The van der Waals surface area contributed by atoms with Crippen molar-refractivity contribution in [2.24, 2.45) is 0 Å². The van der Waals surface area contributed by atoms with Crippen LogP contribution in [-0.2, 0) is 6.42 Å². The summed E-state index contributed by atoms with van der Waals surface area (Å²) in [5.74, 6) is 3.75. The molecule has 0 radical (unpaired) electrons. The van der Waals surface area contributed by atoms with Gasteiger partial charge in [0.1, 0.15) is 23.3 Å². The summed E-state index contributed by atoms with van der Waals surface area (Å²) >= 11 is 0. The molecule has 2 aromatic rings. The van der Waals surface area contributed by atoms with Crippen LogP contribution in [0.5, 0.6) is 0 Å². The second-order valence-electron chi connectivity index (χ2n) is 4.23. The van der Waals surface area contributed by atoms with Crippen molar-refractivity contribution in [2.45, 2.75) is 13.3 Å². The van der Waals surface area contributed by atoms with E-state index in [0.29, 0.717) is 0 Å². The van der Waals surface area contributed by atoms with Crippen LogP contribution in [0.25, 0.3) is 0 Å². The second-order valence-corrected chi connectivity index (χ2v) is 4.23. The molecule has 98 valence electrons. The first-order chi connectivity index (χ1) is 9.63. The number of nitrogens with zero attached hydrogens (tertiary/aromatic N) is 1. The fourth-order valence-corrected chi connectivity index (χ4v) is 1.72. The predicted octanol–water partition coefficient (Wildman–Crippen LogP) is 3.80. The van der Waals surface area contributed by atoms with Crippen LogP contribution in [0.4, 0.5) is 8.78 Å². The number of benzene rings is 2. The number of hydrogen-bond acceptors (Lipinski definition) is 1. The number of halogens is 2. The van der Waals surface area contributed by atoms with Crippen molar-refractivity contribution in [2.75, 3.05) is 0 Å². The molecule has 0 aliphatic heterocycles. The molecular formula is C17H11F2N. The van der Waals surface area contributed by atoms with Gasteiger partial charge in [-0.2, -0.15) is 5.26 Å². The minimum Gasteiger partial charge on any atom is -0.205 e. The summed E-state index contributed by atoms with van der Waals surface area (Å²) in [6.07, 6.45) is 0.944. The van der Waals surface area contributed by atoms with Gasteiger partial charge in [-0.1, -0.05) is 30.9 Å². The summed E-state index contributed by atoms with van der Waals surface area (Å²) in [6.45, 7) is 2.06. The molecule has 3 heteroatoms. The van der Waals surface area contributed by atoms with E-state index in [-0.39, 0.29) is 5.56 Å². The number of rotatable bonds is 1. The van der Waals surface area contributed by atoms with Gasteiger partial charge in [-0.05, 0) is 36.2 Å². The largest absolute Gasteiger partial charge is 0.205 e. The lowest BCUT2D eigenvalue weighted by molar-refractivity contribution is 0.576. The molecule has 0 bridgehead atoms. The third-order valence-electron chi connectivity index (χ3n) is 2.87. The van der Waals surface area contributed by atoms with Gasteiger partial charge in [0.15, 0.2) is 0 Å². The molecule has 0 aromatic heterocycles. The Morgan fingerprint density at radius 2 is 1.50 bits per heavy atom. The average Bonchev–Trinajstić information content (AvgIpc) is 2.45. The topological polar surface area (TPSA) is 23.8 Å². The lowest BCUT2D eigenvalue weighted by atomic mass is 10.1. The van der Waals surface area contributed by atoms with E-state index >= 15 is 0 Å². The van der Waals surface area contributed by atoms with Crippen LogP contribution in [-0.4, -0.2) is 0 Å². The molecule has 20 heavy (non-hydrogen) atoms. The molecule has 2 rings (SSSR count). The minimum atomic E-state index is -0.891. The van der Waals surface area contributed by atoms with Crippen LogP contribution in [0, 0.1) is 34.8 Å². The number of aryl methyl sites for hydroxylation is 1. The van der Waals surface area contributed by atoms with Gasteiger partial charge in [-0.25, -0.2) is 8.78 Å². The van der Waals surface area contributed by atoms with Crippen molar-refractivity contribution in [1.29, 1.82) is 5.26 Å². The Morgan fingerprint density at radius 3 is 2.00 bits per heavy atom. The number of nitriles is 1. The van der Waals surface area contributed by atoms with E-state index in [1.165, 1.54) is 11.6 Å². The van der Waals surface area contributed by atoms with Gasteiger partial charge in [0.25, 0.3) is 0 Å². The van der Waals surface area contributed by atoms with Gasteiger partial charge in [0.2, 0.25) is 0 Å². The average molecular weight is 267 g/mol. The van der Waals surface area contributed by atoms with E-state index in [4.69, 9.17) is 5.26 Å². The van der Waals surface area contributed by atoms with E-state index in [0.717, 1.165) is 24.1 Å². The highest BCUT2D eigenvalue weighted by Crippen LogP contribution is 2.14. The molecule has 0 fully saturated rings. The number of hydrogen-bond donors (Lipinski definition) is 0. The third kappa shape index (κ3) is 3.02. The second kappa shape index (κ2) is 5.99. The molecule has 0 saturated heterocycles. The summed E-state index contributed by atoms with van der Waals surface area (Å²) < 4.78 is 26.8. The monoisotopic (exact) mass is 267 g/mol. The fraction of sp³-hybridized carbons (Fsp3) is 0.118. The summed E-state index contributed by atoms with van der Waals surface area (Å²) in [7, 11) is 0. The lowest BCUT2D eigenvalue weighted by Crippen LogP contribution is -1.91. The molecule has 0 aliphatic carbocycles. The van der Waals surface area contributed by atoms with Crippen molar-refractivity contribution in [3.05, 3.63) is 70.3 Å². The zero-order valence-electron chi connectivity index (χ0n) is 10.9. The van der Waals surface area contributed by atoms with Crippen LogP contribution >= 0.6 is 0 Å². The van der Waals surface area contributed by atoms with E-state index in [1.807, 2.05) is 24.3 Å². The summed E-state index contributed by atoms with van der Waals surface area (Å²) in [5, 5.41) is 8.58. The van der Waals surface area contributed by atoms with E-state index < -0.39 is 17.2 Å². The maximum Gasteiger partial charge on any atom is 0.145 e. The standard InChI is InChI=1S/C17H11F2N/c1-2-12-3-5-13(6-4-12)7-8-14-9-16(18)15(11-20)17(19)10-14/h3-6,9-10H,2H2,1H3. The SMILES string of the molecule is CCc1ccc(C#Cc2cc(F)c(C#N)c(F)c2)cc1. The maximum absolute atomic E-state index is 13.4. The highest BCUT2D eigenvalue weighted by molar-refractivity contribution is 5.46. The molecule has 0 unspecified atom stereocenters. The predicted molar refractivity (Wildman–Crippen MR) is 72.9 cm³/mol. The fourth-order valence-electron chi connectivity index (χ4n) is 1.72. The molecule has 1 nitrogen and oxygen atoms in total. The Morgan fingerprint density at radius 1 is 0.950 bits per heavy atom. The molecule has 2 aromatic carbocycles. The molecule has 0 aliphatic rings. The summed E-state index contributed by atoms with van der Waals surface area (Å²) in [5.41, 5.74) is 1.60. The molecule has 0 N–H and O–H groups in total. The molecule has 0 atom stereocenters. The highest BCUT2D eigenvalue weighted by atomic mass is 19.1. The lowest BCUT2D eigenvalue weighted by Gasteiger charge is -1.97. The van der Waals surface area contributed by atoms with E-state index in [2.05, 4.69) is 18.8 Å². The Hall–Kier alpha value is -2.65. The third-order valence-corrected chi connectivity index (χ3v) is 2.87. The first kappa shape index (κ1) is 13.8. The van der Waals surface area contributed by atoms with Crippen LogP contribution < -0.4 is 0 Å². The first-order valence-electron chi connectivity index (χ1n) is 6.14. The van der Waals surface area contributed by atoms with Crippen LogP contribution in [0.1, 0.15) is 29.2 Å². The normalized spacial score (nSPS) is 9.50. The van der Waals surface area contributed by atoms with Crippen LogP contribution in [0.15, 0.2) is 36.4 Å². The van der Waals surface area contributed by atoms with Gasteiger partial charge in [0.05, 0.1) is 0 Å². The highest BCUT2D eigenvalue weighted by Gasteiger charge is 2.09. The van der Waals surface area contributed by atoms with E-state index in [9.17, 15) is 8.78 Å². The van der Waals surface area contributed by atoms with Crippen molar-refractivity contribution < 1.29 is 8.78 Å². The zero-order chi connectivity index (χ0) is 14.5. The van der Waals surface area contributed by atoms with E-state index in [1.54, 1.807) is 0 Å². The van der Waals surface area contributed by atoms with Crippen molar-refractivity contribution >= 4 is 0 Å². The van der Waals surface area contributed by atoms with Gasteiger partial charge in [-0.3, -0.25) is 0 Å². The van der Waals surface area contributed by atoms with Gasteiger partial charge >= 0.3 is 0 Å². The summed E-state index contributed by atoms with van der Waals surface area (Å²) in [6, 6.07) is 11.3. The van der Waals surface area contributed by atoms with Gasteiger partial charge in [0, 0.05) is 11.1 Å². The quantitative estimate of drug-likeness (QED) is 0.721. The smallest absolute Gasteiger partial charge is 0.145 e. The molecular weight excluding hydrogens is 256 g/mol. The van der Waals surface area contributed by atoms with Crippen molar-refractivity contribution in [3.8, 4) is 17.9 Å². The molecule has 0 spiro atoms. The Labute approximate surface area is 116 Å². The molecule has 0 heterocycles. The van der Waals surface area contributed by atoms with Crippen molar-refractivity contribution in [1.82, 2.24) is 0 Å². The first-order valence-corrected chi connectivity index (χ1v) is 6.14. The Bertz CT molecular complexity index is 705. The Balaban J connectivity index is 2.31. The van der Waals surface area contributed by atoms with Crippen molar-refractivity contribution in [3.63, 3.8) is 0 Å². The van der Waals surface area contributed by atoms with Gasteiger partial charge in [-0.15, -0.1) is 0 Å². The summed E-state index contributed by atoms with van der Waals surface area (Å²) in [4.78, 5) is 0. The molecule has 0 amide bonds. The zero-order valence-corrected chi connectivity index (χ0v) is 10.9. The van der Waals surface area contributed by atoms with Crippen LogP contribution in [0.3, 0.4) is 0 Å². The molecule has 0 saturated carbocycles.